The zero-order chi connectivity index (χ0) is 19.4. The minimum atomic E-state index is -1.03. The van der Waals surface area contributed by atoms with Gasteiger partial charge in [0.15, 0.2) is 10.0 Å². The lowest BCUT2D eigenvalue weighted by Gasteiger charge is -2.25. The average Bonchev–Trinajstić information content (AvgIpc) is 3.24. The SMILES string of the molecule is O=C(O)c1csc(SCCN2C(=O)CC[C@@H]2CNc2ccc(Cl)c(Cl)c2)n1. The molecule has 0 radical (unpaired) electrons. The third-order valence-corrected chi connectivity index (χ3v) is 6.91. The summed E-state index contributed by atoms with van der Waals surface area (Å²) in [6.07, 6.45) is 1.34. The van der Waals surface area contributed by atoms with Crippen molar-refractivity contribution in [3.05, 3.63) is 39.3 Å². The Bertz CT molecular complexity index is 847. The molecule has 3 rings (SSSR count). The summed E-state index contributed by atoms with van der Waals surface area (Å²) in [5.74, 6) is -0.218. The highest BCUT2D eigenvalue weighted by Gasteiger charge is 2.30. The lowest BCUT2D eigenvalue weighted by Crippen LogP contribution is -2.39. The summed E-state index contributed by atoms with van der Waals surface area (Å²) in [6, 6.07) is 5.47. The summed E-state index contributed by atoms with van der Waals surface area (Å²) >= 11 is 14.7. The summed E-state index contributed by atoms with van der Waals surface area (Å²) in [7, 11) is 0. The van der Waals surface area contributed by atoms with Crippen molar-refractivity contribution in [1.29, 1.82) is 0 Å². The van der Waals surface area contributed by atoms with Crippen molar-refractivity contribution in [3.8, 4) is 0 Å². The molecule has 1 aliphatic heterocycles. The summed E-state index contributed by atoms with van der Waals surface area (Å²) < 4.78 is 0.699. The van der Waals surface area contributed by atoms with Crippen LogP contribution in [-0.4, -0.2) is 51.8 Å². The van der Waals surface area contributed by atoms with E-state index in [9.17, 15) is 9.59 Å². The van der Waals surface area contributed by atoms with Gasteiger partial charge >= 0.3 is 5.97 Å². The van der Waals surface area contributed by atoms with E-state index < -0.39 is 5.97 Å². The van der Waals surface area contributed by atoms with Crippen molar-refractivity contribution in [3.63, 3.8) is 0 Å². The molecule has 1 aromatic heterocycles. The minimum absolute atomic E-state index is 0.0588. The number of nitrogens with zero attached hydrogens (tertiary/aromatic N) is 2. The maximum atomic E-state index is 12.2. The van der Waals surface area contributed by atoms with Crippen LogP contribution in [0, 0.1) is 0 Å². The van der Waals surface area contributed by atoms with Crippen LogP contribution in [0.2, 0.25) is 10.0 Å². The average molecular weight is 446 g/mol. The topological polar surface area (TPSA) is 82.5 Å². The number of likely N-dealkylation sites (tertiary alicyclic amines) is 1. The summed E-state index contributed by atoms with van der Waals surface area (Å²) in [5.41, 5.74) is 0.922. The van der Waals surface area contributed by atoms with Crippen LogP contribution in [0.4, 0.5) is 5.69 Å². The fourth-order valence-electron chi connectivity index (χ4n) is 2.81. The number of halogens is 2. The maximum Gasteiger partial charge on any atom is 0.355 e. The number of anilines is 1. The number of benzene rings is 1. The van der Waals surface area contributed by atoms with Crippen LogP contribution in [0.3, 0.4) is 0 Å². The number of hydrogen-bond donors (Lipinski definition) is 2. The van der Waals surface area contributed by atoms with Gasteiger partial charge < -0.3 is 15.3 Å². The van der Waals surface area contributed by atoms with Crippen molar-refractivity contribution in [2.45, 2.75) is 23.2 Å². The van der Waals surface area contributed by atoms with Crippen LogP contribution in [0.5, 0.6) is 0 Å². The van der Waals surface area contributed by atoms with E-state index in [2.05, 4.69) is 10.3 Å². The largest absolute Gasteiger partial charge is 0.476 e. The number of aromatic carboxylic acids is 1. The molecule has 1 aromatic carbocycles. The van der Waals surface area contributed by atoms with E-state index in [0.29, 0.717) is 39.6 Å². The Morgan fingerprint density at radius 2 is 2.22 bits per heavy atom. The normalized spacial score (nSPS) is 16.7. The quantitative estimate of drug-likeness (QED) is 0.587. The molecule has 0 aliphatic carbocycles. The highest BCUT2D eigenvalue weighted by molar-refractivity contribution is 8.01. The Kier molecular flexibility index (Phi) is 6.86. The first-order valence-corrected chi connectivity index (χ1v) is 10.9. The molecule has 2 aromatic rings. The number of carbonyl (C=O) groups excluding carboxylic acids is 1. The number of hydrogen-bond acceptors (Lipinski definition) is 6. The molecule has 0 saturated carbocycles. The molecule has 6 nitrogen and oxygen atoms in total. The van der Waals surface area contributed by atoms with Gasteiger partial charge in [-0.05, 0) is 24.6 Å². The monoisotopic (exact) mass is 445 g/mol. The van der Waals surface area contributed by atoms with Gasteiger partial charge in [0, 0.05) is 42.4 Å². The van der Waals surface area contributed by atoms with E-state index in [1.54, 1.807) is 12.1 Å². The minimum Gasteiger partial charge on any atom is -0.476 e. The molecule has 0 bridgehead atoms. The zero-order valence-corrected chi connectivity index (χ0v) is 17.3. The number of carboxylic acids is 1. The van der Waals surface area contributed by atoms with Crippen LogP contribution in [0.15, 0.2) is 27.9 Å². The third kappa shape index (κ3) is 5.28. The van der Waals surface area contributed by atoms with Gasteiger partial charge in [0.2, 0.25) is 5.91 Å². The predicted octanol–water partition coefficient (Wildman–Crippen LogP) is 4.34. The summed E-state index contributed by atoms with van der Waals surface area (Å²) in [6.45, 7) is 1.23. The van der Waals surface area contributed by atoms with Gasteiger partial charge in [-0.15, -0.1) is 11.3 Å². The molecule has 1 fully saturated rings. The second-order valence-electron chi connectivity index (χ2n) is 5.94. The highest BCUT2D eigenvalue weighted by atomic mass is 35.5. The van der Waals surface area contributed by atoms with Gasteiger partial charge in [0.25, 0.3) is 0 Å². The number of rotatable bonds is 8. The van der Waals surface area contributed by atoms with E-state index in [4.69, 9.17) is 28.3 Å². The number of aromatic nitrogens is 1. The molecule has 144 valence electrons. The van der Waals surface area contributed by atoms with Gasteiger partial charge in [-0.2, -0.15) is 0 Å². The second-order valence-corrected chi connectivity index (χ2v) is 8.96. The van der Waals surface area contributed by atoms with Gasteiger partial charge in [-0.1, -0.05) is 35.0 Å². The van der Waals surface area contributed by atoms with E-state index in [0.717, 1.165) is 12.1 Å². The Balaban J connectivity index is 1.51. The van der Waals surface area contributed by atoms with Crippen LogP contribution >= 0.6 is 46.3 Å². The molecular weight excluding hydrogens is 429 g/mol. The molecule has 0 unspecified atom stereocenters. The van der Waals surface area contributed by atoms with Crippen LogP contribution in [0.25, 0.3) is 0 Å². The summed E-state index contributed by atoms with van der Waals surface area (Å²) in [4.78, 5) is 29.0. The molecule has 27 heavy (non-hydrogen) atoms. The standard InChI is InChI=1S/C17H17Cl2N3O3S2/c18-12-3-1-10(7-13(12)19)20-8-11-2-4-15(23)22(11)5-6-26-17-21-14(9-27-17)16(24)25/h1,3,7,9,11,20H,2,4-6,8H2,(H,24,25)/t11-/m1/s1. The van der Waals surface area contributed by atoms with E-state index in [1.165, 1.54) is 28.5 Å². The van der Waals surface area contributed by atoms with Gasteiger partial charge in [0.1, 0.15) is 0 Å². The molecule has 2 heterocycles. The molecule has 1 aliphatic rings. The Labute approximate surface area is 174 Å². The summed E-state index contributed by atoms with van der Waals surface area (Å²) in [5, 5.41) is 14.7. The molecule has 1 saturated heterocycles. The first-order valence-electron chi connectivity index (χ1n) is 8.24. The number of carboxylic acid groups (broad SMARTS) is 1. The van der Waals surface area contributed by atoms with E-state index >= 15 is 0 Å². The number of carbonyl (C=O) groups is 2. The van der Waals surface area contributed by atoms with Crippen molar-refractivity contribution < 1.29 is 14.7 Å². The van der Waals surface area contributed by atoms with Crippen molar-refractivity contribution in [2.75, 3.05) is 24.2 Å². The van der Waals surface area contributed by atoms with Crippen LogP contribution in [-0.2, 0) is 4.79 Å². The first-order chi connectivity index (χ1) is 12.9. The maximum absolute atomic E-state index is 12.2. The van der Waals surface area contributed by atoms with Crippen LogP contribution in [0.1, 0.15) is 23.3 Å². The van der Waals surface area contributed by atoms with Gasteiger partial charge in [-0.3, -0.25) is 4.79 Å². The molecule has 0 spiro atoms. The first kappa shape index (κ1) is 20.3. The van der Waals surface area contributed by atoms with Crippen molar-refractivity contribution in [2.24, 2.45) is 0 Å². The Hall–Kier alpha value is -1.48. The molecular formula is C17H17Cl2N3O3S2. The lowest BCUT2D eigenvalue weighted by atomic mass is 10.2. The molecule has 2 N–H and O–H groups in total. The number of thiazole rings is 1. The highest BCUT2D eigenvalue weighted by Crippen LogP contribution is 2.27. The Morgan fingerprint density at radius 3 is 2.93 bits per heavy atom. The molecule has 1 amide bonds. The van der Waals surface area contributed by atoms with E-state index in [1.807, 2.05) is 11.0 Å². The third-order valence-electron chi connectivity index (χ3n) is 4.17. The predicted molar refractivity (Wildman–Crippen MR) is 109 cm³/mol. The molecule has 10 heteroatoms. The van der Waals surface area contributed by atoms with Crippen LogP contribution < -0.4 is 5.32 Å². The van der Waals surface area contributed by atoms with Crippen molar-refractivity contribution in [1.82, 2.24) is 9.88 Å². The fourth-order valence-corrected chi connectivity index (χ4v) is 4.91. The van der Waals surface area contributed by atoms with Gasteiger partial charge in [0.05, 0.1) is 10.0 Å². The van der Waals surface area contributed by atoms with Crippen molar-refractivity contribution >= 4 is 63.9 Å². The van der Waals surface area contributed by atoms with Gasteiger partial charge in [-0.25, -0.2) is 9.78 Å². The number of thioether (sulfide) groups is 1. The number of amides is 1. The number of nitrogens with one attached hydrogen (secondary N) is 1. The lowest BCUT2D eigenvalue weighted by molar-refractivity contribution is -0.128. The van der Waals surface area contributed by atoms with E-state index in [-0.39, 0.29) is 17.6 Å². The molecule has 1 atom stereocenters. The smallest absolute Gasteiger partial charge is 0.355 e. The Morgan fingerprint density at radius 1 is 1.41 bits per heavy atom. The fraction of sp³-hybridized carbons (Fsp3) is 0.353. The zero-order valence-electron chi connectivity index (χ0n) is 14.2. The second kappa shape index (κ2) is 9.14.